The summed E-state index contributed by atoms with van der Waals surface area (Å²) in [5, 5.41) is 14.5. The van der Waals surface area contributed by atoms with Gasteiger partial charge in [0.1, 0.15) is 17.8 Å². The Hall–Kier alpha value is -2.94. The van der Waals surface area contributed by atoms with Crippen LogP contribution in [-0.2, 0) is 6.54 Å². The van der Waals surface area contributed by atoms with E-state index in [-0.39, 0.29) is 28.8 Å². The summed E-state index contributed by atoms with van der Waals surface area (Å²) in [4.78, 5) is 16.5. The molecule has 4 aromatic rings. The van der Waals surface area contributed by atoms with E-state index in [9.17, 15) is 9.18 Å². The van der Waals surface area contributed by atoms with Crippen LogP contribution in [0.2, 0.25) is 15.1 Å². The maximum atomic E-state index is 13.9. The molecule has 1 amide bonds. The zero-order valence-electron chi connectivity index (χ0n) is 15.0. The SMILES string of the molecule is O=C(Nc1ncn(Cc2c(F)cccc2Cl)n1)c1cc(-c2ccc(Cl)c(Cl)c2)n[nH]1. The van der Waals surface area contributed by atoms with Crippen molar-refractivity contribution in [2.75, 3.05) is 5.32 Å². The molecule has 0 aliphatic rings. The maximum absolute atomic E-state index is 13.9. The second-order valence-electron chi connectivity index (χ2n) is 6.22. The summed E-state index contributed by atoms with van der Waals surface area (Å²) in [6.07, 6.45) is 1.37. The van der Waals surface area contributed by atoms with E-state index in [1.165, 1.54) is 23.1 Å². The fraction of sp³-hybridized carbons (Fsp3) is 0.0526. The highest BCUT2D eigenvalue weighted by Crippen LogP contribution is 2.28. The molecule has 2 N–H and O–H groups in total. The van der Waals surface area contributed by atoms with E-state index in [4.69, 9.17) is 34.8 Å². The molecule has 0 aliphatic heterocycles. The summed E-state index contributed by atoms with van der Waals surface area (Å²) in [7, 11) is 0. The largest absolute Gasteiger partial charge is 0.288 e. The number of aromatic amines is 1. The van der Waals surface area contributed by atoms with Crippen LogP contribution in [0, 0.1) is 5.82 Å². The van der Waals surface area contributed by atoms with Gasteiger partial charge in [-0.05, 0) is 30.3 Å². The van der Waals surface area contributed by atoms with Crippen molar-refractivity contribution in [3.63, 3.8) is 0 Å². The average molecular weight is 466 g/mol. The van der Waals surface area contributed by atoms with E-state index in [2.05, 4.69) is 25.6 Å². The molecule has 7 nitrogen and oxygen atoms in total. The molecule has 0 bridgehead atoms. The topological polar surface area (TPSA) is 88.5 Å². The fourth-order valence-electron chi connectivity index (χ4n) is 2.68. The van der Waals surface area contributed by atoms with Crippen molar-refractivity contribution >= 4 is 46.7 Å². The van der Waals surface area contributed by atoms with Gasteiger partial charge in [-0.1, -0.05) is 46.9 Å². The van der Waals surface area contributed by atoms with Crippen molar-refractivity contribution in [2.24, 2.45) is 0 Å². The number of hydrogen-bond acceptors (Lipinski definition) is 4. The molecule has 4 rings (SSSR count). The minimum atomic E-state index is -0.490. The summed E-state index contributed by atoms with van der Waals surface area (Å²) in [5.74, 6) is -0.885. The van der Waals surface area contributed by atoms with Crippen LogP contribution in [0.15, 0.2) is 48.8 Å². The normalized spacial score (nSPS) is 10.9. The molecule has 152 valence electrons. The zero-order chi connectivity index (χ0) is 21.3. The third kappa shape index (κ3) is 4.30. The fourth-order valence-corrected chi connectivity index (χ4v) is 3.20. The predicted octanol–water partition coefficient (Wildman–Crippen LogP) is 5.07. The van der Waals surface area contributed by atoms with E-state index in [0.717, 1.165) is 0 Å². The van der Waals surface area contributed by atoms with Gasteiger partial charge in [-0.3, -0.25) is 15.2 Å². The van der Waals surface area contributed by atoms with Gasteiger partial charge in [0, 0.05) is 16.1 Å². The number of hydrogen-bond donors (Lipinski definition) is 2. The molecule has 11 heteroatoms. The van der Waals surface area contributed by atoms with Gasteiger partial charge in [-0.2, -0.15) is 5.10 Å². The van der Waals surface area contributed by atoms with E-state index in [0.29, 0.717) is 21.3 Å². The van der Waals surface area contributed by atoms with Crippen LogP contribution in [0.25, 0.3) is 11.3 Å². The van der Waals surface area contributed by atoms with Crippen LogP contribution in [0.1, 0.15) is 16.1 Å². The van der Waals surface area contributed by atoms with E-state index in [1.54, 1.807) is 30.3 Å². The van der Waals surface area contributed by atoms with Gasteiger partial charge in [-0.15, -0.1) is 5.10 Å². The van der Waals surface area contributed by atoms with Crippen molar-refractivity contribution in [3.05, 3.63) is 80.9 Å². The molecule has 0 unspecified atom stereocenters. The molecule has 2 heterocycles. The Kier molecular flexibility index (Phi) is 5.72. The number of halogens is 4. The van der Waals surface area contributed by atoms with Gasteiger partial charge in [0.25, 0.3) is 5.91 Å². The Labute approximate surface area is 184 Å². The monoisotopic (exact) mass is 464 g/mol. The van der Waals surface area contributed by atoms with Crippen molar-refractivity contribution in [1.29, 1.82) is 0 Å². The molecule has 0 fully saturated rings. The molecule has 0 radical (unpaired) electrons. The first-order valence-electron chi connectivity index (χ1n) is 8.55. The van der Waals surface area contributed by atoms with Crippen LogP contribution in [0.4, 0.5) is 10.3 Å². The summed E-state index contributed by atoms with van der Waals surface area (Å²) in [5.41, 5.74) is 1.70. The molecule has 0 saturated heterocycles. The average Bonchev–Trinajstić information content (AvgIpc) is 3.37. The van der Waals surface area contributed by atoms with Crippen molar-refractivity contribution in [1.82, 2.24) is 25.0 Å². The Bertz CT molecular complexity index is 1220. The number of aromatic nitrogens is 5. The van der Waals surface area contributed by atoms with E-state index in [1.807, 2.05) is 0 Å². The molecule has 0 atom stereocenters. The number of amides is 1. The predicted molar refractivity (Wildman–Crippen MR) is 113 cm³/mol. The second kappa shape index (κ2) is 8.43. The van der Waals surface area contributed by atoms with Crippen LogP contribution in [0.5, 0.6) is 0 Å². The Morgan fingerprint density at radius 1 is 1.10 bits per heavy atom. The molecular weight excluding hydrogens is 454 g/mol. The molecule has 2 aromatic carbocycles. The number of nitrogens with one attached hydrogen (secondary N) is 2. The molecule has 0 saturated carbocycles. The molecule has 0 spiro atoms. The van der Waals surface area contributed by atoms with Crippen molar-refractivity contribution < 1.29 is 9.18 Å². The number of anilines is 1. The van der Waals surface area contributed by atoms with Crippen molar-refractivity contribution in [2.45, 2.75) is 6.54 Å². The third-order valence-electron chi connectivity index (χ3n) is 4.18. The van der Waals surface area contributed by atoms with E-state index < -0.39 is 11.7 Å². The van der Waals surface area contributed by atoms with Gasteiger partial charge in [0.2, 0.25) is 5.95 Å². The first kappa shape index (κ1) is 20.3. The van der Waals surface area contributed by atoms with Gasteiger partial charge < -0.3 is 0 Å². The zero-order valence-corrected chi connectivity index (χ0v) is 17.3. The summed E-state index contributed by atoms with van der Waals surface area (Å²) >= 11 is 18.0. The number of nitrogens with zero attached hydrogens (tertiary/aromatic N) is 4. The van der Waals surface area contributed by atoms with Gasteiger partial charge in [-0.25, -0.2) is 14.1 Å². The lowest BCUT2D eigenvalue weighted by atomic mass is 10.1. The number of H-pyrrole nitrogens is 1. The lowest BCUT2D eigenvalue weighted by Gasteiger charge is -2.05. The minimum absolute atomic E-state index is 0.0538. The summed E-state index contributed by atoms with van der Waals surface area (Å²) in [6, 6.07) is 11.0. The summed E-state index contributed by atoms with van der Waals surface area (Å²) < 4.78 is 15.3. The summed E-state index contributed by atoms with van der Waals surface area (Å²) in [6.45, 7) is 0.0694. The molecule has 2 aromatic heterocycles. The first-order chi connectivity index (χ1) is 14.4. The first-order valence-corrected chi connectivity index (χ1v) is 9.68. The lowest BCUT2D eigenvalue weighted by Crippen LogP contribution is -2.14. The quantitative estimate of drug-likeness (QED) is 0.431. The van der Waals surface area contributed by atoms with Crippen LogP contribution in [0.3, 0.4) is 0 Å². The van der Waals surface area contributed by atoms with Crippen molar-refractivity contribution in [3.8, 4) is 11.3 Å². The highest BCUT2D eigenvalue weighted by molar-refractivity contribution is 6.42. The van der Waals surface area contributed by atoms with Crippen LogP contribution in [-0.4, -0.2) is 30.9 Å². The Balaban J connectivity index is 1.46. The lowest BCUT2D eigenvalue weighted by molar-refractivity contribution is 0.102. The Morgan fingerprint density at radius 3 is 2.70 bits per heavy atom. The number of carbonyl (C=O) groups excluding carboxylic acids is 1. The van der Waals surface area contributed by atoms with Gasteiger partial charge in [0.05, 0.1) is 22.3 Å². The smallest absolute Gasteiger partial charge is 0.276 e. The van der Waals surface area contributed by atoms with Gasteiger partial charge in [0.15, 0.2) is 0 Å². The molecule has 0 aliphatic carbocycles. The van der Waals surface area contributed by atoms with Gasteiger partial charge >= 0.3 is 0 Å². The standard InChI is InChI=1S/C19H12Cl3FN6O/c20-12-2-1-3-15(23)11(12)8-29-9-24-19(28-29)25-18(30)17-7-16(26-27-17)10-4-5-13(21)14(22)6-10/h1-7,9H,8H2,(H,26,27)(H,25,28,30). The van der Waals surface area contributed by atoms with Crippen LogP contribution >= 0.6 is 34.8 Å². The Morgan fingerprint density at radius 2 is 1.93 bits per heavy atom. The highest BCUT2D eigenvalue weighted by Gasteiger charge is 2.15. The third-order valence-corrected chi connectivity index (χ3v) is 5.27. The number of rotatable bonds is 5. The van der Waals surface area contributed by atoms with E-state index >= 15 is 0 Å². The highest BCUT2D eigenvalue weighted by atomic mass is 35.5. The number of carbonyl (C=O) groups is 1. The minimum Gasteiger partial charge on any atom is -0.288 e. The maximum Gasteiger partial charge on any atom is 0.276 e. The second-order valence-corrected chi connectivity index (χ2v) is 7.44. The molecule has 30 heavy (non-hydrogen) atoms. The molecular formula is C19H12Cl3FN6O. The van der Waals surface area contributed by atoms with Crippen LogP contribution < -0.4 is 5.32 Å². The number of benzene rings is 2.